The molecule has 0 aliphatic heterocycles. The van der Waals surface area contributed by atoms with Crippen molar-refractivity contribution in [3.05, 3.63) is 22.4 Å². The summed E-state index contributed by atoms with van der Waals surface area (Å²) in [7, 11) is 0. The largest absolute Gasteiger partial charge is 0.309 e. The minimum atomic E-state index is 0.537. The predicted molar refractivity (Wildman–Crippen MR) is 55.6 cm³/mol. The first kappa shape index (κ1) is 9.75. The normalized spacial score (nSPS) is 13.7. The van der Waals surface area contributed by atoms with Gasteiger partial charge in [0.05, 0.1) is 0 Å². The van der Waals surface area contributed by atoms with Gasteiger partial charge < -0.3 is 5.32 Å². The average Bonchev–Trinajstić information content (AvgIpc) is 2.51. The molecular formula is C10H17NS. The maximum Gasteiger partial charge on any atom is 0.0438 e. The van der Waals surface area contributed by atoms with Crippen LogP contribution in [0.3, 0.4) is 0 Å². The maximum atomic E-state index is 3.49. The standard InChI is InChI=1S/C10H17NS/c1-4-11-10(8(2)3)9-6-5-7-12-9/h5-8,10-11H,4H2,1-3H3. The zero-order valence-corrected chi connectivity index (χ0v) is 8.82. The van der Waals surface area contributed by atoms with Gasteiger partial charge in [-0.05, 0) is 23.9 Å². The van der Waals surface area contributed by atoms with E-state index in [0.717, 1.165) is 6.54 Å². The van der Waals surface area contributed by atoms with E-state index in [1.54, 1.807) is 0 Å². The Hall–Kier alpha value is -0.340. The Morgan fingerprint density at radius 2 is 2.25 bits per heavy atom. The van der Waals surface area contributed by atoms with Crippen LogP contribution in [0.25, 0.3) is 0 Å². The molecule has 0 aliphatic rings. The van der Waals surface area contributed by atoms with Gasteiger partial charge in [-0.15, -0.1) is 11.3 Å². The van der Waals surface area contributed by atoms with Crippen molar-refractivity contribution in [2.75, 3.05) is 6.54 Å². The first-order valence-electron chi connectivity index (χ1n) is 4.52. The summed E-state index contributed by atoms with van der Waals surface area (Å²) >= 11 is 1.84. The molecule has 12 heavy (non-hydrogen) atoms. The lowest BCUT2D eigenvalue weighted by Crippen LogP contribution is -2.24. The van der Waals surface area contributed by atoms with Gasteiger partial charge >= 0.3 is 0 Å². The summed E-state index contributed by atoms with van der Waals surface area (Å²) < 4.78 is 0. The Balaban J connectivity index is 2.66. The number of rotatable bonds is 4. The van der Waals surface area contributed by atoms with Crippen LogP contribution in [-0.4, -0.2) is 6.54 Å². The third kappa shape index (κ3) is 2.32. The fraction of sp³-hybridized carbons (Fsp3) is 0.600. The summed E-state index contributed by atoms with van der Waals surface area (Å²) in [6.07, 6.45) is 0. The fourth-order valence-corrected chi connectivity index (χ4v) is 2.33. The second-order valence-electron chi connectivity index (χ2n) is 3.29. The van der Waals surface area contributed by atoms with Crippen molar-refractivity contribution in [3.63, 3.8) is 0 Å². The molecule has 0 radical (unpaired) electrons. The Morgan fingerprint density at radius 3 is 2.67 bits per heavy atom. The van der Waals surface area contributed by atoms with Gasteiger partial charge in [0.15, 0.2) is 0 Å². The highest BCUT2D eigenvalue weighted by Crippen LogP contribution is 2.25. The van der Waals surface area contributed by atoms with Gasteiger partial charge in [-0.3, -0.25) is 0 Å². The van der Waals surface area contributed by atoms with E-state index >= 15 is 0 Å². The van der Waals surface area contributed by atoms with Crippen LogP contribution >= 0.6 is 11.3 Å². The molecule has 1 atom stereocenters. The van der Waals surface area contributed by atoms with E-state index in [1.807, 2.05) is 11.3 Å². The smallest absolute Gasteiger partial charge is 0.0438 e. The van der Waals surface area contributed by atoms with Gasteiger partial charge in [0.2, 0.25) is 0 Å². The van der Waals surface area contributed by atoms with Crippen LogP contribution in [0.2, 0.25) is 0 Å². The van der Waals surface area contributed by atoms with Crippen LogP contribution in [0.15, 0.2) is 17.5 Å². The molecule has 0 fully saturated rings. The highest BCUT2D eigenvalue weighted by molar-refractivity contribution is 7.10. The number of hydrogen-bond acceptors (Lipinski definition) is 2. The van der Waals surface area contributed by atoms with Crippen LogP contribution in [-0.2, 0) is 0 Å². The molecule has 1 aromatic heterocycles. The average molecular weight is 183 g/mol. The first-order valence-corrected chi connectivity index (χ1v) is 5.40. The van der Waals surface area contributed by atoms with Crippen molar-refractivity contribution < 1.29 is 0 Å². The molecule has 1 rings (SSSR count). The number of thiophene rings is 1. The van der Waals surface area contributed by atoms with Gasteiger partial charge in [-0.1, -0.05) is 26.8 Å². The number of nitrogens with one attached hydrogen (secondary N) is 1. The van der Waals surface area contributed by atoms with E-state index in [2.05, 4.69) is 43.6 Å². The lowest BCUT2D eigenvalue weighted by Gasteiger charge is -2.20. The molecular weight excluding hydrogens is 166 g/mol. The third-order valence-corrected chi connectivity index (χ3v) is 2.90. The van der Waals surface area contributed by atoms with Gasteiger partial charge in [-0.25, -0.2) is 0 Å². The Bertz CT molecular complexity index is 204. The summed E-state index contributed by atoms with van der Waals surface area (Å²) in [6.45, 7) is 7.71. The van der Waals surface area contributed by atoms with Crippen LogP contribution in [0.5, 0.6) is 0 Å². The highest BCUT2D eigenvalue weighted by Gasteiger charge is 2.14. The molecule has 0 saturated heterocycles. The van der Waals surface area contributed by atoms with Gasteiger partial charge in [0.25, 0.3) is 0 Å². The van der Waals surface area contributed by atoms with Crippen molar-refractivity contribution in [2.45, 2.75) is 26.8 Å². The van der Waals surface area contributed by atoms with Gasteiger partial charge in [0.1, 0.15) is 0 Å². The Labute approximate surface area is 78.8 Å². The van der Waals surface area contributed by atoms with Gasteiger partial charge in [-0.2, -0.15) is 0 Å². The molecule has 1 heterocycles. The van der Waals surface area contributed by atoms with E-state index in [1.165, 1.54) is 4.88 Å². The van der Waals surface area contributed by atoms with Crippen molar-refractivity contribution >= 4 is 11.3 Å². The van der Waals surface area contributed by atoms with E-state index in [9.17, 15) is 0 Å². The molecule has 68 valence electrons. The molecule has 0 spiro atoms. The van der Waals surface area contributed by atoms with Crippen LogP contribution in [0.1, 0.15) is 31.7 Å². The highest BCUT2D eigenvalue weighted by atomic mass is 32.1. The fourth-order valence-electron chi connectivity index (χ4n) is 1.35. The summed E-state index contributed by atoms with van der Waals surface area (Å²) in [5.74, 6) is 0.670. The molecule has 0 bridgehead atoms. The SMILES string of the molecule is CCNC(c1cccs1)C(C)C. The minimum Gasteiger partial charge on any atom is -0.309 e. The van der Waals surface area contributed by atoms with Crippen molar-refractivity contribution in [1.29, 1.82) is 0 Å². The van der Waals surface area contributed by atoms with E-state index in [-0.39, 0.29) is 0 Å². The molecule has 0 saturated carbocycles. The predicted octanol–water partition coefficient (Wildman–Crippen LogP) is 3.05. The molecule has 1 N–H and O–H groups in total. The zero-order chi connectivity index (χ0) is 8.97. The Morgan fingerprint density at radius 1 is 1.50 bits per heavy atom. The lowest BCUT2D eigenvalue weighted by molar-refractivity contribution is 0.428. The van der Waals surface area contributed by atoms with Crippen molar-refractivity contribution in [1.82, 2.24) is 5.32 Å². The summed E-state index contributed by atoms with van der Waals surface area (Å²) in [6, 6.07) is 4.86. The van der Waals surface area contributed by atoms with Crippen molar-refractivity contribution in [3.8, 4) is 0 Å². The lowest BCUT2D eigenvalue weighted by atomic mass is 10.0. The zero-order valence-electron chi connectivity index (χ0n) is 8.00. The molecule has 1 nitrogen and oxygen atoms in total. The first-order chi connectivity index (χ1) is 5.75. The van der Waals surface area contributed by atoms with Crippen LogP contribution in [0.4, 0.5) is 0 Å². The van der Waals surface area contributed by atoms with E-state index in [0.29, 0.717) is 12.0 Å². The number of hydrogen-bond donors (Lipinski definition) is 1. The quantitative estimate of drug-likeness (QED) is 0.756. The summed E-state index contributed by atoms with van der Waals surface area (Å²) in [5.41, 5.74) is 0. The van der Waals surface area contributed by atoms with Crippen LogP contribution < -0.4 is 5.32 Å². The molecule has 2 heteroatoms. The topological polar surface area (TPSA) is 12.0 Å². The Kier molecular flexibility index (Phi) is 3.76. The minimum absolute atomic E-state index is 0.537. The second-order valence-corrected chi connectivity index (χ2v) is 4.27. The summed E-state index contributed by atoms with van der Waals surface area (Å²) in [4.78, 5) is 1.45. The second kappa shape index (κ2) is 4.63. The molecule has 0 aromatic carbocycles. The molecule has 1 unspecified atom stereocenters. The van der Waals surface area contributed by atoms with Crippen molar-refractivity contribution in [2.24, 2.45) is 5.92 Å². The van der Waals surface area contributed by atoms with Crippen LogP contribution in [0, 0.1) is 5.92 Å². The van der Waals surface area contributed by atoms with E-state index < -0.39 is 0 Å². The summed E-state index contributed by atoms with van der Waals surface area (Å²) in [5, 5.41) is 5.64. The molecule has 0 aliphatic carbocycles. The molecule has 1 aromatic rings. The monoisotopic (exact) mass is 183 g/mol. The van der Waals surface area contributed by atoms with Gasteiger partial charge in [0, 0.05) is 10.9 Å². The molecule has 0 amide bonds. The van der Waals surface area contributed by atoms with E-state index in [4.69, 9.17) is 0 Å². The maximum absolute atomic E-state index is 3.49. The third-order valence-electron chi connectivity index (χ3n) is 1.94.